The van der Waals surface area contributed by atoms with Gasteiger partial charge in [0.2, 0.25) is 5.91 Å². The predicted octanol–water partition coefficient (Wildman–Crippen LogP) is 7.22. The van der Waals surface area contributed by atoms with E-state index < -0.39 is 5.30 Å². The first kappa shape index (κ1) is 39.7. The first-order valence-electron chi connectivity index (χ1n) is 17.2. The van der Waals surface area contributed by atoms with E-state index in [0.717, 1.165) is 106 Å². The largest absolute Gasteiger partial charge is 0.493 e. The van der Waals surface area contributed by atoms with Crippen molar-refractivity contribution in [3.05, 3.63) is 29.3 Å². The fraction of sp³-hybridized carbons (Fsp3) is 0.771. The number of benzene rings is 1. The number of thioether (sulfide) groups is 1. The van der Waals surface area contributed by atoms with Gasteiger partial charge in [0.25, 0.3) is 0 Å². The van der Waals surface area contributed by atoms with E-state index >= 15 is 0 Å². The second-order valence-corrected chi connectivity index (χ2v) is 15.5. The molecule has 0 aliphatic carbocycles. The molecule has 0 saturated carbocycles. The second kappa shape index (κ2) is 21.4. The molecule has 258 valence electrons. The molecule has 0 bridgehead atoms. The van der Waals surface area contributed by atoms with Gasteiger partial charge in [0.1, 0.15) is 5.75 Å². The van der Waals surface area contributed by atoms with Crippen molar-refractivity contribution in [1.29, 1.82) is 0 Å². The molecular weight excluding hydrogens is 605 g/mol. The number of carbonyl (C=O) groups is 2. The van der Waals surface area contributed by atoms with Crippen molar-refractivity contribution in [3.8, 4) is 5.75 Å². The maximum Gasteiger partial charge on any atom is 0.364 e. The van der Waals surface area contributed by atoms with E-state index in [1.165, 1.54) is 42.5 Å². The molecule has 1 aromatic carbocycles. The second-order valence-electron chi connectivity index (χ2n) is 13.6. The molecule has 0 radical (unpaired) electrons. The van der Waals surface area contributed by atoms with Crippen LogP contribution in [0, 0.1) is 6.92 Å². The minimum Gasteiger partial charge on any atom is -0.493 e. The summed E-state index contributed by atoms with van der Waals surface area (Å²) in [6, 6.07) is 7.25. The van der Waals surface area contributed by atoms with E-state index in [1.807, 2.05) is 11.9 Å². The van der Waals surface area contributed by atoms with Crippen LogP contribution in [-0.4, -0.2) is 127 Å². The Labute approximate surface area is 283 Å². The van der Waals surface area contributed by atoms with E-state index in [9.17, 15) is 9.59 Å². The Morgan fingerprint density at radius 1 is 1.11 bits per heavy atom. The van der Waals surface area contributed by atoms with Gasteiger partial charge in [0.15, 0.2) is 0 Å². The zero-order valence-electron chi connectivity index (χ0n) is 29.4. The molecule has 0 aromatic heterocycles. The lowest BCUT2D eigenvalue weighted by Crippen LogP contribution is -2.44. The fourth-order valence-corrected chi connectivity index (χ4v) is 6.98. The highest BCUT2D eigenvalue weighted by atomic mass is 32.2. The third-order valence-corrected chi connectivity index (χ3v) is 10.2. The molecule has 2 unspecified atom stereocenters. The minimum absolute atomic E-state index is 0.329. The highest BCUT2D eigenvalue weighted by Gasteiger charge is 2.35. The maximum absolute atomic E-state index is 13.7. The van der Waals surface area contributed by atoms with Crippen LogP contribution in [0.5, 0.6) is 5.75 Å². The van der Waals surface area contributed by atoms with Crippen molar-refractivity contribution >= 4 is 34.9 Å². The van der Waals surface area contributed by atoms with Crippen molar-refractivity contribution in [1.82, 2.24) is 14.1 Å². The lowest BCUT2D eigenvalue weighted by molar-refractivity contribution is -0.870. The number of amides is 1. The molecule has 2 fully saturated rings. The highest BCUT2D eigenvalue weighted by Crippen LogP contribution is 2.36. The molecule has 3 rings (SSSR count). The Hall–Kier alpha value is -1.46. The Morgan fingerprint density at radius 3 is 2.42 bits per heavy atom. The van der Waals surface area contributed by atoms with Gasteiger partial charge < -0.3 is 19.2 Å². The number of carbonyl (C=O) groups excluding carboxylic acids is 1. The number of carboxylic acid groups (broad SMARTS) is 1. The quantitative estimate of drug-likeness (QED) is 0.100. The van der Waals surface area contributed by atoms with E-state index in [4.69, 9.17) is 9.84 Å². The smallest absolute Gasteiger partial charge is 0.364 e. The summed E-state index contributed by atoms with van der Waals surface area (Å²) in [4.78, 5) is 27.8. The van der Waals surface area contributed by atoms with E-state index in [-0.39, 0.29) is 0 Å². The van der Waals surface area contributed by atoms with Crippen molar-refractivity contribution < 1.29 is 23.9 Å². The number of hydrogen-bond donors (Lipinski definition) is 1. The summed E-state index contributed by atoms with van der Waals surface area (Å²) >= 11 is 2.80. The number of rotatable bonds is 18. The first-order chi connectivity index (χ1) is 21.5. The molecule has 45 heavy (non-hydrogen) atoms. The summed E-state index contributed by atoms with van der Waals surface area (Å²) in [5, 5.41) is 6.86. The summed E-state index contributed by atoms with van der Waals surface area (Å²) in [7, 11) is 6.75. The molecule has 1 amide bonds. The van der Waals surface area contributed by atoms with Crippen LogP contribution in [-0.2, 0) is 4.79 Å². The van der Waals surface area contributed by atoms with Gasteiger partial charge in [-0.3, -0.25) is 14.0 Å². The number of nitrogens with zero attached hydrogens (tertiary/aromatic N) is 4. The van der Waals surface area contributed by atoms with Gasteiger partial charge >= 0.3 is 5.30 Å². The Morgan fingerprint density at radius 2 is 1.82 bits per heavy atom. The van der Waals surface area contributed by atoms with Crippen molar-refractivity contribution in [3.63, 3.8) is 0 Å². The standard InChI is InChI=1S/C33H59N4O2S.C2H4O2S/c1-7-9-17-34(18-11-12-21-37(4,5)6)33(38)27-35-26-30(25-31(35)16-20-36-19-13-23-40-36)29-14-15-32(28(3)24-29)39-22-10-8-2;1-5-2(3)4/h14-15,24,30-31H,7-13,16-23,25-27H2,1-6H3;1H3,(H,3,4)/q+1;. The van der Waals surface area contributed by atoms with E-state index in [2.05, 4.69) is 74.2 Å². The normalized spacial score (nSPS) is 18.9. The zero-order valence-corrected chi connectivity index (χ0v) is 31.0. The van der Waals surface area contributed by atoms with Crippen LogP contribution < -0.4 is 4.74 Å². The third-order valence-electron chi connectivity index (χ3n) is 8.65. The summed E-state index contributed by atoms with van der Waals surface area (Å²) in [5.41, 5.74) is 2.63. The Balaban J connectivity index is 0.00000130. The van der Waals surface area contributed by atoms with Crippen molar-refractivity contribution in [2.75, 3.05) is 85.6 Å². The summed E-state index contributed by atoms with van der Waals surface area (Å²) in [5.74, 6) is 3.07. The van der Waals surface area contributed by atoms with Crippen molar-refractivity contribution in [2.45, 2.75) is 90.5 Å². The number of likely N-dealkylation sites (tertiary alicyclic amines) is 1. The van der Waals surface area contributed by atoms with Crippen LogP contribution in [0.1, 0.15) is 88.7 Å². The summed E-state index contributed by atoms with van der Waals surface area (Å²) in [6.07, 6.45) is 11.8. The average Bonchev–Trinajstić information content (AvgIpc) is 3.66. The van der Waals surface area contributed by atoms with Crippen LogP contribution in [0.2, 0.25) is 0 Å². The Bertz CT molecular complexity index is 1000. The number of ether oxygens (including phenoxy) is 1. The van der Waals surface area contributed by atoms with Gasteiger partial charge in [-0.2, -0.15) is 0 Å². The average molecular weight is 668 g/mol. The predicted molar refractivity (Wildman–Crippen MR) is 193 cm³/mol. The lowest BCUT2D eigenvalue weighted by atomic mass is 9.94. The van der Waals surface area contributed by atoms with Crippen LogP contribution in [0.15, 0.2) is 18.2 Å². The molecule has 2 aliphatic heterocycles. The first-order valence-corrected chi connectivity index (χ1v) is 19.3. The summed E-state index contributed by atoms with van der Waals surface area (Å²) < 4.78 is 9.56. The van der Waals surface area contributed by atoms with Gasteiger partial charge in [0.05, 0.1) is 40.8 Å². The zero-order chi connectivity index (χ0) is 33.2. The van der Waals surface area contributed by atoms with Crippen LogP contribution in [0.4, 0.5) is 4.79 Å². The molecule has 0 spiro atoms. The fourth-order valence-electron chi connectivity index (χ4n) is 5.98. The molecule has 2 heterocycles. The molecule has 2 aliphatic rings. The van der Waals surface area contributed by atoms with Gasteiger partial charge in [-0.25, -0.2) is 4.79 Å². The topological polar surface area (TPSA) is 73.3 Å². The van der Waals surface area contributed by atoms with Crippen LogP contribution in [0.3, 0.4) is 0 Å². The van der Waals surface area contributed by atoms with E-state index in [1.54, 1.807) is 0 Å². The van der Waals surface area contributed by atoms with Gasteiger partial charge in [0, 0.05) is 44.5 Å². The monoisotopic (exact) mass is 667 g/mol. The Kier molecular flexibility index (Phi) is 18.9. The van der Waals surface area contributed by atoms with Gasteiger partial charge in [-0.15, -0.1) is 0 Å². The molecule has 10 heteroatoms. The van der Waals surface area contributed by atoms with Crippen LogP contribution in [0.25, 0.3) is 0 Å². The maximum atomic E-state index is 13.7. The molecule has 1 aromatic rings. The molecule has 2 saturated heterocycles. The number of unbranched alkanes of at least 4 members (excludes halogenated alkanes) is 3. The minimum atomic E-state index is -0.829. The number of quaternary nitrogens is 1. The molecule has 2 atom stereocenters. The third kappa shape index (κ3) is 15.8. The van der Waals surface area contributed by atoms with E-state index in [0.29, 0.717) is 24.4 Å². The van der Waals surface area contributed by atoms with Crippen LogP contribution >= 0.6 is 23.7 Å². The molecule has 8 nitrogen and oxygen atoms in total. The highest BCUT2D eigenvalue weighted by molar-refractivity contribution is 8.12. The number of aryl methyl sites for hydroxylation is 1. The van der Waals surface area contributed by atoms with Gasteiger partial charge in [-0.1, -0.05) is 50.8 Å². The van der Waals surface area contributed by atoms with Gasteiger partial charge in [-0.05, 0) is 93.0 Å². The number of hydrogen-bond acceptors (Lipinski definition) is 7. The molecular formula is C35H63N4O4S2+. The van der Waals surface area contributed by atoms with Crippen molar-refractivity contribution in [2.24, 2.45) is 0 Å². The summed E-state index contributed by atoms with van der Waals surface area (Å²) in [6.45, 7) is 14.2. The SMILES string of the molecule is CCCCOc1ccc(C2CC(CCN3CCCS3)N(CC(=O)N(CCCC)CCCC[N+](C)(C)C)C2)cc1C.CSC(=O)O. The molecule has 1 N–H and O–H groups in total. The lowest BCUT2D eigenvalue weighted by Gasteiger charge is -2.30.